The quantitative estimate of drug-likeness (QED) is 0.747. The van der Waals surface area contributed by atoms with Gasteiger partial charge in [0.05, 0.1) is 5.69 Å². The summed E-state index contributed by atoms with van der Waals surface area (Å²) >= 11 is 0. The second-order valence-corrected chi connectivity index (χ2v) is 3.52. The van der Waals surface area contributed by atoms with Gasteiger partial charge in [-0.3, -0.25) is 4.79 Å². The highest BCUT2D eigenvalue weighted by Gasteiger charge is 2.11. The Labute approximate surface area is 134 Å². The number of para-hydroxylation sites is 1. The van der Waals surface area contributed by atoms with Crippen LogP contribution >= 0.6 is 0 Å². The first-order valence-electron chi connectivity index (χ1n) is 7.53. The third-order valence-corrected chi connectivity index (χ3v) is 1.84. The molecule has 2 aromatic rings. The number of hydrogen-bond donors (Lipinski definition) is 1. The van der Waals surface area contributed by atoms with Crippen LogP contribution in [0.5, 0.6) is 0 Å². The molecule has 0 atom stereocenters. The molecule has 0 radical (unpaired) electrons. The summed E-state index contributed by atoms with van der Waals surface area (Å²) in [6.07, 6.45) is 3.19. The van der Waals surface area contributed by atoms with Crippen molar-refractivity contribution in [1.82, 2.24) is 4.98 Å². The zero-order valence-electron chi connectivity index (χ0n) is 14.5. The van der Waals surface area contributed by atoms with Gasteiger partial charge in [-0.25, -0.2) is 4.98 Å². The molecule has 4 nitrogen and oxygen atoms in total. The molecule has 1 N–H and O–H groups in total. The first kappa shape index (κ1) is 21.9. The fourth-order valence-electron chi connectivity index (χ4n) is 1.16. The topological polar surface area (TPSA) is 55.1 Å². The lowest BCUT2D eigenvalue weighted by molar-refractivity contribution is 0.0990. The van der Waals surface area contributed by atoms with Crippen molar-refractivity contribution in [3.8, 4) is 0 Å². The van der Waals surface area contributed by atoms with E-state index in [1.165, 1.54) is 6.26 Å². The molecular formula is C18H28N2O2. The molecule has 0 saturated carbocycles. The molecule has 0 aliphatic carbocycles. The van der Waals surface area contributed by atoms with E-state index in [-0.39, 0.29) is 11.8 Å². The maximum Gasteiger partial charge on any atom is 0.311 e. The molecule has 0 saturated heterocycles. The highest BCUT2D eigenvalue weighted by molar-refractivity contribution is 6.00. The molecule has 2 rings (SSSR count). The van der Waals surface area contributed by atoms with Crippen molar-refractivity contribution < 1.29 is 9.21 Å². The van der Waals surface area contributed by atoms with E-state index in [0.717, 1.165) is 5.69 Å². The van der Waals surface area contributed by atoms with Gasteiger partial charge in [-0.2, -0.15) is 0 Å². The number of aryl methyl sites for hydroxylation is 1. The number of carbonyl (C=O) groups is 1. The van der Waals surface area contributed by atoms with E-state index in [2.05, 4.69) is 16.9 Å². The first-order valence-corrected chi connectivity index (χ1v) is 7.53. The minimum absolute atomic E-state index is 0.0800. The minimum atomic E-state index is -0.339. The number of oxazole rings is 1. The number of benzene rings is 1. The SMILES string of the molecule is C=CC.CC.CC.Cc1coc(C(=O)Nc2ccccc2)n1. The zero-order chi connectivity index (χ0) is 17.4. The number of nitrogens with zero attached hydrogens (tertiary/aromatic N) is 1. The largest absolute Gasteiger partial charge is 0.441 e. The Morgan fingerprint density at radius 2 is 1.68 bits per heavy atom. The molecule has 0 spiro atoms. The molecule has 4 heteroatoms. The number of allylic oxidation sites excluding steroid dienone is 1. The van der Waals surface area contributed by atoms with Crippen molar-refractivity contribution in [1.29, 1.82) is 0 Å². The first-order chi connectivity index (χ1) is 10.7. The average molecular weight is 304 g/mol. The van der Waals surface area contributed by atoms with Gasteiger partial charge in [-0.1, -0.05) is 52.0 Å². The lowest BCUT2D eigenvalue weighted by Gasteiger charge is -2.00. The van der Waals surface area contributed by atoms with Crippen molar-refractivity contribution in [3.63, 3.8) is 0 Å². The summed E-state index contributed by atoms with van der Waals surface area (Å²) in [5.41, 5.74) is 1.41. The van der Waals surface area contributed by atoms with Crippen LogP contribution in [0.1, 0.15) is 51.0 Å². The van der Waals surface area contributed by atoms with Crippen LogP contribution in [0.2, 0.25) is 0 Å². The lowest BCUT2D eigenvalue weighted by atomic mass is 10.3. The van der Waals surface area contributed by atoms with Crippen LogP contribution in [0, 0.1) is 6.92 Å². The molecule has 1 heterocycles. The standard InChI is InChI=1S/C11H10N2O2.C3H6.2C2H6/c1-8-7-15-11(12-8)10(14)13-9-5-3-2-4-6-9;1-3-2;2*1-2/h2-7H,1H3,(H,13,14);3H,1H2,2H3;2*1-2H3. The summed E-state index contributed by atoms with van der Waals surface area (Å²) in [5, 5.41) is 2.68. The van der Waals surface area contributed by atoms with Crippen LogP contribution in [0.25, 0.3) is 0 Å². The lowest BCUT2D eigenvalue weighted by Crippen LogP contribution is -2.12. The Balaban J connectivity index is 0. The predicted octanol–water partition coefficient (Wildman–Crippen LogP) is 5.48. The van der Waals surface area contributed by atoms with Gasteiger partial charge in [0.1, 0.15) is 6.26 Å². The number of aromatic nitrogens is 1. The number of amides is 1. The maximum absolute atomic E-state index is 11.6. The number of carbonyl (C=O) groups excluding carboxylic acids is 1. The van der Waals surface area contributed by atoms with Crippen molar-refractivity contribution in [3.05, 3.63) is 60.8 Å². The van der Waals surface area contributed by atoms with Gasteiger partial charge in [0.15, 0.2) is 0 Å². The van der Waals surface area contributed by atoms with Crippen LogP contribution in [-0.2, 0) is 0 Å². The Kier molecular flexibility index (Phi) is 15.0. The zero-order valence-corrected chi connectivity index (χ0v) is 14.5. The van der Waals surface area contributed by atoms with E-state index in [1.807, 2.05) is 52.8 Å². The third kappa shape index (κ3) is 9.53. The van der Waals surface area contributed by atoms with Gasteiger partial charge in [0.2, 0.25) is 0 Å². The molecule has 0 aliphatic rings. The summed E-state index contributed by atoms with van der Waals surface area (Å²) in [6, 6.07) is 9.17. The van der Waals surface area contributed by atoms with Gasteiger partial charge >= 0.3 is 5.91 Å². The fourth-order valence-corrected chi connectivity index (χ4v) is 1.16. The number of rotatable bonds is 2. The highest BCUT2D eigenvalue weighted by atomic mass is 16.4. The fraction of sp³-hybridized carbons (Fsp3) is 0.333. The molecule has 1 aromatic heterocycles. The molecule has 0 fully saturated rings. The summed E-state index contributed by atoms with van der Waals surface area (Å²) in [7, 11) is 0. The Morgan fingerprint density at radius 1 is 1.18 bits per heavy atom. The Morgan fingerprint density at radius 3 is 2.09 bits per heavy atom. The van der Waals surface area contributed by atoms with Crippen molar-refractivity contribution in [2.45, 2.75) is 41.5 Å². The molecule has 22 heavy (non-hydrogen) atoms. The average Bonchev–Trinajstić information content (AvgIpc) is 3.00. The van der Waals surface area contributed by atoms with Crippen LogP contribution < -0.4 is 5.32 Å². The molecule has 1 aromatic carbocycles. The van der Waals surface area contributed by atoms with Crippen molar-refractivity contribution in [2.24, 2.45) is 0 Å². The summed E-state index contributed by atoms with van der Waals surface area (Å²) in [4.78, 5) is 15.5. The molecule has 1 amide bonds. The Hall–Kier alpha value is -2.36. The van der Waals surface area contributed by atoms with Crippen LogP contribution in [0.15, 0.2) is 53.7 Å². The van der Waals surface area contributed by atoms with Gasteiger partial charge in [0, 0.05) is 5.69 Å². The molecular weight excluding hydrogens is 276 g/mol. The van der Waals surface area contributed by atoms with Crippen molar-refractivity contribution >= 4 is 11.6 Å². The summed E-state index contributed by atoms with van der Waals surface area (Å²) in [5.74, 6) is -0.259. The highest BCUT2D eigenvalue weighted by Crippen LogP contribution is 2.08. The van der Waals surface area contributed by atoms with Gasteiger partial charge in [-0.15, -0.1) is 6.58 Å². The molecule has 0 unspecified atom stereocenters. The van der Waals surface area contributed by atoms with Crippen LogP contribution in [-0.4, -0.2) is 10.9 Å². The van der Waals surface area contributed by atoms with Gasteiger partial charge < -0.3 is 9.73 Å². The van der Waals surface area contributed by atoms with E-state index < -0.39 is 0 Å². The van der Waals surface area contributed by atoms with E-state index in [9.17, 15) is 4.79 Å². The third-order valence-electron chi connectivity index (χ3n) is 1.84. The Bertz CT molecular complexity index is 505. The van der Waals surface area contributed by atoms with Gasteiger partial charge in [-0.05, 0) is 26.0 Å². The van der Waals surface area contributed by atoms with Gasteiger partial charge in [0.25, 0.3) is 5.89 Å². The monoisotopic (exact) mass is 304 g/mol. The summed E-state index contributed by atoms with van der Waals surface area (Å²) in [6.45, 7) is 15.0. The maximum atomic E-state index is 11.6. The number of nitrogens with one attached hydrogen (secondary N) is 1. The molecule has 0 aliphatic heterocycles. The second kappa shape index (κ2) is 15.0. The van der Waals surface area contributed by atoms with Crippen LogP contribution in [0.4, 0.5) is 5.69 Å². The summed E-state index contributed by atoms with van der Waals surface area (Å²) < 4.78 is 4.98. The predicted molar refractivity (Wildman–Crippen MR) is 94.2 cm³/mol. The number of hydrogen-bond acceptors (Lipinski definition) is 3. The normalized spacial score (nSPS) is 7.91. The smallest absolute Gasteiger partial charge is 0.311 e. The molecule has 122 valence electrons. The van der Waals surface area contributed by atoms with E-state index >= 15 is 0 Å². The van der Waals surface area contributed by atoms with Crippen molar-refractivity contribution in [2.75, 3.05) is 5.32 Å². The molecule has 0 bridgehead atoms. The second-order valence-electron chi connectivity index (χ2n) is 3.52. The number of anilines is 1. The van der Waals surface area contributed by atoms with E-state index in [0.29, 0.717) is 5.69 Å². The van der Waals surface area contributed by atoms with E-state index in [4.69, 9.17) is 4.42 Å². The minimum Gasteiger partial charge on any atom is -0.441 e. The van der Waals surface area contributed by atoms with Crippen LogP contribution in [0.3, 0.4) is 0 Å². The van der Waals surface area contributed by atoms with E-state index in [1.54, 1.807) is 25.1 Å².